The van der Waals surface area contributed by atoms with Crippen molar-refractivity contribution in [2.75, 3.05) is 20.7 Å². The Labute approximate surface area is 107 Å². The van der Waals surface area contributed by atoms with Gasteiger partial charge in [0.15, 0.2) is 0 Å². The van der Waals surface area contributed by atoms with Gasteiger partial charge in [0.25, 0.3) is 0 Å². The van der Waals surface area contributed by atoms with Gasteiger partial charge < -0.3 is 9.64 Å². The monoisotopic (exact) mass is 291 g/mol. The first-order chi connectivity index (χ1) is 7.54. The van der Waals surface area contributed by atoms with Crippen LogP contribution in [0.1, 0.15) is 32.6 Å². The Morgan fingerprint density at radius 1 is 1.56 bits per heavy atom. The Morgan fingerprint density at radius 3 is 2.81 bits per heavy atom. The second-order valence-electron chi connectivity index (χ2n) is 4.86. The fourth-order valence-electron chi connectivity index (χ4n) is 2.41. The Morgan fingerprint density at radius 2 is 2.25 bits per heavy atom. The molecule has 0 bridgehead atoms. The predicted molar refractivity (Wildman–Crippen MR) is 68.8 cm³/mol. The topological polar surface area (TPSA) is 29.5 Å². The van der Waals surface area contributed by atoms with E-state index in [1.54, 1.807) is 0 Å². The zero-order valence-electron chi connectivity index (χ0n) is 10.4. The van der Waals surface area contributed by atoms with E-state index in [1.807, 2.05) is 0 Å². The molecule has 3 nitrogen and oxygen atoms in total. The van der Waals surface area contributed by atoms with Gasteiger partial charge in [-0.2, -0.15) is 0 Å². The highest BCUT2D eigenvalue weighted by Crippen LogP contribution is 2.27. The number of esters is 1. The van der Waals surface area contributed by atoms with Crippen molar-refractivity contribution in [3.63, 3.8) is 0 Å². The molecular formula is C12H22BrNO2. The lowest BCUT2D eigenvalue weighted by Crippen LogP contribution is -2.40. The predicted octanol–water partition coefficient (Wildman–Crippen LogP) is 2.43. The maximum absolute atomic E-state index is 11.3. The minimum absolute atomic E-state index is 0.185. The van der Waals surface area contributed by atoms with E-state index in [-0.39, 0.29) is 10.8 Å². The van der Waals surface area contributed by atoms with Crippen LogP contribution in [0.25, 0.3) is 0 Å². The number of nitrogens with zero attached hydrogens (tertiary/aromatic N) is 1. The van der Waals surface area contributed by atoms with Gasteiger partial charge in [0.2, 0.25) is 0 Å². The number of hydrogen-bond donors (Lipinski definition) is 0. The van der Waals surface area contributed by atoms with Crippen LogP contribution in [-0.4, -0.2) is 42.4 Å². The molecule has 1 rings (SSSR count). The lowest BCUT2D eigenvalue weighted by atomic mass is 9.86. The molecule has 16 heavy (non-hydrogen) atoms. The highest BCUT2D eigenvalue weighted by molar-refractivity contribution is 9.10. The number of alkyl halides is 1. The molecule has 94 valence electrons. The number of methoxy groups -OCH3 is 1. The smallest absolute Gasteiger partial charge is 0.320 e. The summed E-state index contributed by atoms with van der Waals surface area (Å²) in [6, 6.07) is 0.619. The Balaban J connectivity index is 2.38. The van der Waals surface area contributed by atoms with Crippen LogP contribution in [0, 0.1) is 5.92 Å². The standard InChI is InChI=1S/C12H22BrNO2/c1-9-5-4-6-10(7-9)14(2)8-11(13)12(15)16-3/h9-11H,4-8H2,1-3H3. The van der Waals surface area contributed by atoms with Gasteiger partial charge in [-0.25, -0.2) is 0 Å². The molecule has 0 N–H and O–H groups in total. The van der Waals surface area contributed by atoms with Crippen LogP contribution >= 0.6 is 15.9 Å². The van der Waals surface area contributed by atoms with E-state index in [9.17, 15) is 4.79 Å². The molecular weight excluding hydrogens is 270 g/mol. The zero-order valence-corrected chi connectivity index (χ0v) is 12.0. The van der Waals surface area contributed by atoms with Gasteiger partial charge in [-0.3, -0.25) is 4.79 Å². The van der Waals surface area contributed by atoms with Crippen LogP contribution in [0.2, 0.25) is 0 Å². The molecule has 0 saturated heterocycles. The highest BCUT2D eigenvalue weighted by Gasteiger charge is 2.25. The summed E-state index contributed by atoms with van der Waals surface area (Å²) in [5, 5.41) is 0. The largest absolute Gasteiger partial charge is 0.468 e. The van der Waals surface area contributed by atoms with E-state index >= 15 is 0 Å². The van der Waals surface area contributed by atoms with Crippen molar-refractivity contribution in [3.05, 3.63) is 0 Å². The third-order valence-corrected chi connectivity index (χ3v) is 4.10. The fraction of sp³-hybridized carbons (Fsp3) is 0.917. The molecule has 0 aromatic heterocycles. The van der Waals surface area contributed by atoms with Gasteiger partial charge in [-0.05, 0) is 25.8 Å². The highest BCUT2D eigenvalue weighted by atomic mass is 79.9. The summed E-state index contributed by atoms with van der Waals surface area (Å²) in [5.41, 5.74) is 0. The number of carbonyl (C=O) groups excluding carboxylic acids is 1. The van der Waals surface area contributed by atoms with Crippen molar-refractivity contribution >= 4 is 21.9 Å². The lowest BCUT2D eigenvalue weighted by molar-refractivity contribution is -0.140. The summed E-state index contributed by atoms with van der Waals surface area (Å²) >= 11 is 3.37. The number of ether oxygens (including phenoxy) is 1. The molecule has 3 unspecified atom stereocenters. The maximum Gasteiger partial charge on any atom is 0.320 e. The SMILES string of the molecule is COC(=O)C(Br)CN(C)C1CCCC(C)C1. The molecule has 0 heterocycles. The quantitative estimate of drug-likeness (QED) is 0.589. The van der Waals surface area contributed by atoms with Crippen LogP contribution in [-0.2, 0) is 9.53 Å². The number of carbonyl (C=O) groups is 1. The molecule has 4 heteroatoms. The molecule has 0 aromatic rings. The average Bonchev–Trinajstić information content (AvgIpc) is 2.27. The van der Waals surface area contributed by atoms with E-state index in [2.05, 4.69) is 34.8 Å². The van der Waals surface area contributed by atoms with Gasteiger partial charge in [0.1, 0.15) is 4.83 Å². The molecule has 1 aliphatic rings. The first kappa shape index (κ1) is 14.0. The van der Waals surface area contributed by atoms with E-state index in [0.717, 1.165) is 12.5 Å². The van der Waals surface area contributed by atoms with Crippen LogP contribution in [0.4, 0.5) is 0 Å². The van der Waals surface area contributed by atoms with Crippen molar-refractivity contribution in [2.24, 2.45) is 5.92 Å². The third-order valence-electron chi connectivity index (χ3n) is 3.44. The number of halogens is 1. The molecule has 0 amide bonds. The van der Waals surface area contributed by atoms with Crippen molar-refractivity contribution in [1.29, 1.82) is 0 Å². The minimum atomic E-state index is -0.209. The van der Waals surface area contributed by atoms with E-state index in [4.69, 9.17) is 4.74 Å². The van der Waals surface area contributed by atoms with Crippen LogP contribution < -0.4 is 0 Å². The van der Waals surface area contributed by atoms with Gasteiger partial charge in [-0.1, -0.05) is 35.7 Å². The number of rotatable bonds is 4. The molecule has 1 saturated carbocycles. The normalized spacial score (nSPS) is 27.8. The van der Waals surface area contributed by atoms with E-state index in [0.29, 0.717) is 6.04 Å². The average molecular weight is 292 g/mol. The van der Waals surface area contributed by atoms with Crippen molar-refractivity contribution in [3.8, 4) is 0 Å². The van der Waals surface area contributed by atoms with Crippen molar-refractivity contribution in [2.45, 2.75) is 43.5 Å². The van der Waals surface area contributed by atoms with Gasteiger partial charge in [0, 0.05) is 12.6 Å². The second kappa shape index (κ2) is 6.60. The Kier molecular flexibility index (Phi) is 5.76. The van der Waals surface area contributed by atoms with Crippen LogP contribution in [0.5, 0.6) is 0 Å². The Hall–Kier alpha value is -0.0900. The summed E-state index contributed by atoms with van der Waals surface area (Å²) in [5.74, 6) is 0.629. The summed E-state index contributed by atoms with van der Waals surface area (Å²) in [7, 11) is 3.53. The zero-order chi connectivity index (χ0) is 12.1. The van der Waals surface area contributed by atoms with Crippen LogP contribution in [0.15, 0.2) is 0 Å². The summed E-state index contributed by atoms with van der Waals surface area (Å²) in [6.07, 6.45) is 5.15. The maximum atomic E-state index is 11.3. The van der Waals surface area contributed by atoms with Gasteiger partial charge in [-0.15, -0.1) is 0 Å². The fourth-order valence-corrected chi connectivity index (χ4v) is 3.05. The molecule has 1 fully saturated rings. The Bertz CT molecular complexity index is 235. The lowest BCUT2D eigenvalue weighted by Gasteiger charge is -2.34. The molecule has 0 radical (unpaired) electrons. The first-order valence-electron chi connectivity index (χ1n) is 5.96. The molecule has 3 atom stereocenters. The molecule has 1 aliphatic carbocycles. The second-order valence-corrected chi connectivity index (χ2v) is 5.96. The summed E-state index contributed by atoms with van der Waals surface area (Å²) in [6.45, 7) is 3.04. The van der Waals surface area contributed by atoms with Gasteiger partial charge in [0.05, 0.1) is 7.11 Å². The summed E-state index contributed by atoms with van der Waals surface area (Å²) < 4.78 is 4.71. The molecule has 0 aromatic carbocycles. The summed E-state index contributed by atoms with van der Waals surface area (Å²) in [4.78, 5) is 13.4. The van der Waals surface area contributed by atoms with Crippen molar-refractivity contribution < 1.29 is 9.53 Å². The van der Waals surface area contributed by atoms with Gasteiger partial charge >= 0.3 is 5.97 Å². The molecule has 0 aliphatic heterocycles. The van der Waals surface area contributed by atoms with Crippen LogP contribution in [0.3, 0.4) is 0 Å². The van der Waals surface area contributed by atoms with Crippen molar-refractivity contribution in [1.82, 2.24) is 4.90 Å². The minimum Gasteiger partial charge on any atom is -0.468 e. The number of hydrogen-bond acceptors (Lipinski definition) is 3. The first-order valence-corrected chi connectivity index (χ1v) is 6.88. The molecule has 0 spiro atoms. The third kappa shape index (κ3) is 4.06. The van der Waals surface area contributed by atoms with E-state index < -0.39 is 0 Å². The van der Waals surface area contributed by atoms with E-state index in [1.165, 1.54) is 32.8 Å².